The van der Waals surface area contributed by atoms with Crippen LogP contribution in [0, 0.1) is 5.82 Å². The maximum absolute atomic E-state index is 13.6. The van der Waals surface area contributed by atoms with Gasteiger partial charge >= 0.3 is 0 Å². The van der Waals surface area contributed by atoms with Gasteiger partial charge in [-0.1, -0.05) is 31.2 Å². The fraction of sp³-hybridized carbons (Fsp3) is 0.417. The van der Waals surface area contributed by atoms with Crippen LogP contribution in [0.3, 0.4) is 0 Å². The molecule has 0 atom stereocenters. The van der Waals surface area contributed by atoms with Crippen LogP contribution in [0.25, 0.3) is 0 Å². The number of aliphatic imine (C=N–C) groups is 1. The van der Waals surface area contributed by atoms with E-state index in [9.17, 15) is 9.18 Å². The Balaban J connectivity index is 0.00000341. The van der Waals surface area contributed by atoms with Gasteiger partial charge in [0.25, 0.3) is 5.91 Å². The van der Waals surface area contributed by atoms with Crippen LogP contribution in [0.4, 0.5) is 4.39 Å². The van der Waals surface area contributed by atoms with Gasteiger partial charge in [-0.25, -0.2) is 9.38 Å². The van der Waals surface area contributed by atoms with Crippen molar-refractivity contribution < 1.29 is 9.18 Å². The highest BCUT2D eigenvalue weighted by Crippen LogP contribution is 2.47. The van der Waals surface area contributed by atoms with Crippen LogP contribution in [0.15, 0.2) is 53.5 Å². The predicted molar refractivity (Wildman–Crippen MR) is 135 cm³/mol. The summed E-state index contributed by atoms with van der Waals surface area (Å²) in [5, 5.41) is 9.58. The largest absolute Gasteiger partial charge is 0.357 e. The van der Waals surface area contributed by atoms with Crippen molar-refractivity contribution in [2.75, 3.05) is 19.6 Å². The highest BCUT2D eigenvalue weighted by Gasteiger charge is 2.44. The lowest BCUT2D eigenvalue weighted by atomic mass is 9.96. The van der Waals surface area contributed by atoms with Gasteiger partial charge in [0.15, 0.2) is 5.96 Å². The Morgan fingerprint density at radius 1 is 1.06 bits per heavy atom. The van der Waals surface area contributed by atoms with Gasteiger partial charge in [0.1, 0.15) is 5.82 Å². The van der Waals surface area contributed by atoms with Crippen molar-refractivity contribution in [1.82, 2.24) is 16.0 Å². The molecule has 7 heteroatoms. The summed E-state index contributed by atoms with van der Waals surface area (Å²) in [7, 11) is 0. The topological polar surface area (TPSA) is 65.5 Å². The summed E-state index contributed by atoms with van der Waals surface area (Å²) in [4.78, 5) is 16.9. The molecule has 3 rings (SSSR count). The van der Waals surface area contributed by atoms with Gasteiger partial charge in [-0.05, 0) is 61.6 Å². The summed E-state index contributed by atoms with van der Waals surface area (Å²) in [5.74, 6) is 0.474. The zero-order chi connectivity index (χ0) is 21.4. The molecule has 2 aromatic carbocycles. The smallest absolute Gasteiger partial charge is 0.251 e. The van der Waals surface area contributed by atoms with Crippen LogP contribution >= 0.6 is 24.0 Å². The van der Waals surface area contributed by atoms with E-state index in [0.29, 0.717) is 25.2 Å². The van der Waals surface area contributed by atoms with Crippen molar-refractivity contribution in [3.05, 3.63) is 71.0 Å². The molecule has 0 aliphatic heterocycles. The number of nitrogens with zero attached hydrogens (tertiary/aromatic N) is 1. The molecule has 0 heterocycles. The van der Waals surface area contributed by atoms with Crippen molar-refractivity contribution in [1.29, 1.82) is 0 Å². The monoisotopic (exact) mass is 538 g/mol. The van der Waals surface area contributed by atoms with Gasteiger partial charge in [0, 0.05) is 30.6 Å². The third-order valence-corrected chi connectivity index (χ3v) is 5.37. The van der Waals surface area contributed by atoms with Gasteiger partial charge in [0.2, 0.25) is 0 Å². The Kier molecular flexibility index (Phi) is 9.74. The normalized spacial score (nSPS) is 14.4. The van der Waals surface area contributed by atoms with E-state index in [1.54, 1.807) is 12.1 Å². The van der Waals surface area contributed by atoms with Crippen LogP contribution in [-0.2, 0) is 12.0 Å². The SMILES string of the molecule is CCCNC(=O)c1cccc(CN=C(NCC)NCC2(c3cccc(F)c3)CC2)c1.I. The second kappa shape index (κ2) is 12.0. The first-order valence-electron chi connectivity index (χ1n) is 10.7. The van der Waals surface area contributed by atoms with Crippen LogP contribution in [0.2, 0.25) is 0 Å². The minimum Gasteiger partial charge on any atom is -0.357 e. The molecule has 0 spiro atoms. The van der Waals surface area contributed by atoms with E-state index in [1.807, 2.05) is 44.2 Å². The standard InChI is InChI=1S/C24H31FN4O.HI/c1-3-13-27-22(30)19-8-5-7-18(14-19)16-28-23(26-4-2)29-17-24(11-12-24)20-9-6-10-21(25)15-20;/h5-10,14-15H,3-4,11-13,16-17H2,1-2H3,(H,27,30)(H2,26,28,29);1H. The van der Waals surface area contributed by atoms with E-state index in [2.05, 4.69) is 20.9 Å². The quantitative estimate of drug-likeness (QED) is 0.253. The molecular formula is C24H32FIN4O. The predicted octanol–water partition coefficient (Wildman–Crippen LogP) is 4.37. The van der Waals surface area contributed by atoms with Crippen LogP contribution < -0.4 is 16.0 Å². The first-order chi connectivity index (χ1) is 14.6. The Labute approximate surface area is 201 Å². The molecule has 0 unspecified atom stereocenters. The van der Waals surface area contributed by atoms with Gasteiger partial charge in [-0.15, -0.1) is 24.0 Å². The number of carbonyl (C=O) groups is 1. The Morgan fingerprint density at radius 2 is 1.84 bits per heavy atom. The molecule has 1 saturated carbocycles. The average Bonchev–Trinajstić information content (AvgIpc) is 3.55. The summed E-state index contributed by atoms with van der Waals surface area (Å²) in [5.41, 5.74) is 2.65. The number of carbonyl (C=O) groups excluding carboxylic acids is 1. The molecule has 1 amide bonds. The zero-order valence-corrected chi connectivity index (χ0v) is 20.5. The van der Waals surface area contributed by atoms with E-state index >= 15 is 0 Å². The van der Waals surface area contributed by atoms with Crippen molar-refractivity contribution >= 4 is 35.8 Å². The number of rotatable bonds is 9. The molecule has 0 aromatic heterocycles. The van der Waals surface area contributed by atoms with Crippen LogP contribution in [-0.4, -0.2) is 31.5 Å². The second-order valence-corrected chi connectivity index (χ2v) is 7.80. The van der Waals surface area contributed by atoms with Crippen molar-refractivity contribution in [3.8, 4) is 0 Å². The molecule has 0 saturated heterocycles. The van der Waals surface area contributed by atoms with Crippen molar-refractivity contribution in [2.45, 2.75) is 45.1 Å². The zero-order valence-electron chi connectivity index (χ0n) is 18.2. The van der Waals surface area contributed by atoms with Gasteiger partial charge in [-0.2, -0.15) is 0 Å². The third kappa shape index (κ3) is 7.19. The number of halogens is 2. The molecule has 1 aliphatic carbocycles. The molecule has 31 heavy (non-hydrogen) atoms. The molecule has 1 fully saturated rings. The molecule has 0 bridgehead atoms. The summed E-state index contributed by atoms with van der Waals surface area (Å²) in [6.07, 6.45) is 2.99. The first kappa shape index (κ1) is 25.1. The molecule has 168 valence electrons. The maximum atomic E-state index is 13.6. The number of amides is 1. The summed E-state index contributed by atoms with van der Waals surface area (Å²) >= 11 is 0. The van der Waals surface area contributed by atoms with E-state index in [-0.39, 0.29) is 41.1 Å². The number of guanidine groups is 1. The van der Waals surface area contributed by atoms with Gasteiger partial charge in [0.05, 0.1) is 6.54 Å². The molecule has 5 nitrogen and oxygen atoms in total. The second-order valence-electron chi connectivity index (χ2n) is 7.80. The number of benzene rings is 2. The Bertz CT molecular complexity index is 899. The fourth-order valence-electron chi connectivity index (χ4n) is 3.45. The summed E-state index contributed by atoms with van der Waals surface area (Å²) in [6.45, 7) is 6.65. The molecule has 2 aromatic rings. The summed E-state index contributed by atoms with van der Waals surface area (Å²) in [6, 6.07) is 14.4. The number of hydrogen-bond acceptors (Lipinski definition) is 2. The highest BCUT2D eigenvalue weighted by molar-refractivity contribution is 14.0. The lowest BCUT2D eigenvalue weighted by Crippen LogP contribution is -2.41. The fourth-order valence-corrected chi connectivity index (χ4v) is 3.45. The minimum absolute atomic E-state index is 0. The van der Waals surface area contributed by atoms with E-state index < -0.39 is 0 Å². The van der Waals surface area contributed by atoms with E-state index in [4.69, 9.17) is 0 Å². The summed E-state index contributed by atoms with van der Waals surface area (Å²) < 4.78 is 13.6. The van der Waals surface area contributed by atoms with Crippen LogP contribution in [0.1, 0.15) is 54.6 Å². The average molecular weight is 538 g/mol. The van der Waals surface area contributed by atoms with Crippen molar-refractivity contribution in [3.63, 3.8) is 0 Å². The maximum Gasteiger partial charge on any atom is 0.251 e. The van der Waals surface area contributed by atoms with Gasteiger partial charge in [-0.3, -0.25) is 4.79 Å². The Morgan fingerprint density at radius 3 is 2.52 bits per heavy atom. The third-order valence-electron chi connectivity index (χ3n) is 5.37. The van der Waals surface area contributed by atoms with E-state index in [1.165, 1.54) is 6.07 Å². The van der Waals surface area contributed by atoms with E-state index in [0.717, 1.165) is 42.9 Å². The highest BCUT2D eigenvalue weighted by atomic mass is 127. The first-order valence-corrected chi connectivity index (χ1v) is 10.7. The lowest BCUT2D eigenvalue weighted by Gasteiger charge is -2.19. The number of nitrogens with one attached hydrogen (secondary N) is 3. The molecule has 3 N–H and O–H groups in total. The van der Waals surface area contributed by atoms with Gasteiger partial charge < -0.3 is 16.0 Å². The molecule has 1 aliphatic rings. The lowest BCUT2D eigenvalue weighted by molar-refractivity contribution is 0.0953. The minimum atomic E-state index is -0.192. The number of hydrogen-bond donors (Lipinski definition) is 3. The Hall–Kier alpha value is -2.16. The van der Waals surface area contributed by atoms with Crippen LogP contribution in [0.5, 0.6) is 0 Å². The molecular weight excluding hydrogens is 506 g/mol. The molecule has 0 radical (unpaired) electrons. The van der Waals surface area contributed by atoms with Crippen molar-refractivity contribution in [2.24, 2.45) is 4.99 Å².